The van der Waals surface area contributed by atoms with Gasteiger partial charge in [0.05, 0.1) is 16.6 Å². The molecule has 0 N–H and O–H groups in total. The minimum Gasteiger partial charge on any atom is -0.324 e. The van der Waals surface area contributed by atoms with Crippen LogP contribution in [0.1, 0.15) is 5.56 Å². The molecule has 0 amide bonds. The van der Waals surface area contributed by atoms with Crippen LogP contribution in [0.25, 0.3) is 33.1 Å². The molecule has 0 unspecified atom stereocenters. The Labute approximate surface area is 155 Å². The third-order valence-corrected chi connectivity index (χ3v) is 5.01. The lowest BCUT2D eigenvalue weighted by atomic mass is 10.1. The number of hydrogen-bond donors (Lipinski definition) is 0. The summed E-state index contributed by atoms with van der Waals surface area (Å²) in [5, 5.41) is 1.77. The van der Waals surface area contributed by atoms with E-state index in [9.17, 15) is 0 Å². The standard InChI is InChI=1S/C22H16ClN3/c23-16-10-11-20-17(14-16)21-22(25-19-9-5-4-8-18(19)24-21)26(20)13-12-15-6-2-1-3-7-15/h1-11,14H,12-13H2. The second-order valence-electron chi connectivity index (χ2n) is 6.43. The van der Waals surface area contributed by atoms with Crippen molar-refractivity contribution in [2.45, 2.75) is 13.0 Å². The number of halogens is 1. The van der Waals surface area contributed by atoms with Crippen molar-refractivity contribution in [2.75, 3.05) is 0 Å². The summed E-state index contributed by atoms with van der Waals surface area (Å²) in [6, 6.07) is 24.5. The summed E-state index contributed by atoms with van der Waals surface area (Å²) in [6.07, 6.45) is 0.941. The molecule has 5 aromatic rings. The van der Waals surface area contributed by atoms with Crippen molar-refractivity contribution in [1.29, 1.82) is 0 Å². The minimum absolute atomic E-state index is 0.717. The monoisotopic (exact) mass is 357 g/mol. The number of rotatable bonds is 3. The zero-order valence-corrected chi connectivity index (χ0v) is 14.8. The normalized spacial score (nSPS) is 11.6. The number of nitrogens with zero attached hydrogens (tertiary/aromatic N) is 3. The van der Waals surface area contributed by atoms with Gasteiger partial charge in [0.15, 0.2) is 5.65 Å². The second-order valence-corrected chi connectivity index (χ2v) is 6.87. The molecule has 0 saturated carbocycles. The Morgan fingerprint density at radius 3 is 2.35 bits per heavy atom. The second kappa shape index (κ2) is 6.11. The van der Waals surface area contributed by atoms with Crippen molar-refractivity contribution in [3.05, 3.63) is 83.4 Å². The van der Waals surface area contributed by atoms with Gasteiger partial charge in [0, 0.05) is 17.0 Å². The van der Waals surface area contributed by atoms with E-state index < -0.39 is 0 Å². The molecule has 0 radical (unpaired) electrons. The van der Waals surface area contributed by atoms with E-state index in [0.717, 1.165) is 51.1 Å². The third kappa shape index (κ3) is 2.52. The molecule has 3 nitrogen and oxygen atoms in total. The number of benzene rings is 3. The quantitative estimate of drug-likeness (QED) is 0.418. The summed E-state index contributed by atoms with van der Waals surface area (Å²) < 4.78 is 2.26. The largest absolute Gasteiger partial charge is 0.324 e. The molecule has 3 aromatic carbocycles. The Bertz CT molecular complexity index is 1240. The maximum atomic E-state index is 6.26. The van der Waals surface area contributed by atoms with E-state index in [1.807, 2.05) is 42.5 Å². The Kier molecular flexibility index (Phi) is 3.61. The average Bonchev–Trinajstić information content (AvgIpc) is 2.97. The third-order valence-electron chi connectivity index (χ3n) is 4.78. The highest BCUT2D eigenvalue weighted by Gasteiger charge is 2.14. The number of fused-ring (bicyclic) bond motifs is 4. The summed E-state index contributed by atoms with van der Waals surface area (Å²) in [5.41, 5.74) is 6.07. The lowest BCUT2D eigenvalue weighted by Crippen LogP contribution is -2.02. The van der Waals surface area contributed by atoms with Crippen molar-refractivity contribution in [3.63, 3.8) is 0 Å². The first kappa shape index (κ1) is 15.4. The lowest BCUT2D eigenvalue weighted by Gasteiger charge is -2.07. The molecule has 4 heteroatoms. The maximum Gasteiger partial charge on any atom is 0.160 e. The first-order chi connectivity index (χ1) is 12.8. The first-order valence-corrected chi connectivity index (χ1v) is 9.05. The van der Waals surface area contributed by atoms with Crippen LogP contribution in [0.4, 0.5) is 0 Å². The zero-order valence-electron chi connectivity index (χ0n) is 14.1. The molecule has 0 saturated heterocycles. The van der Waals surface area contributed by atoms with E-state index in [2.05, 4.69) is 34.9 Å². The molecule has 26 heavy (non-hydrogen) atoms. The smallest absolute Gasteiger partial charge is 0.160 e. The summed E-state index contributed by atoms with van der Waals surface area (Å²) in [5.74, 6) is 0. The summed E-state index contributed by atoms with van der Waals surface area (Å²) >= 11 is 6.26. The van der Waals surface area contributed by atoms with Gasteiger partial charge in [-0.1, -0.05) is 54.1 Å². The van der Waals surface area contributed by atoms with E-state index in [0.29, 0.717) is 0 Å². The van der Waals surface area contributed by atoms with Crippen LogP contribution in [-0.2, 0) is 13.0 Å². The SMILES string of the molecule is Clc1ccc2c(c1)c1nc3ccccc3nc1n2CCc1ccccc1. The van der Waals surface area contributed by atoms with E-state index in [1.165, 1.54) is 5.56 Å². The highest BCUT2D eigenvalue weighted by atomic mass is 35.5. The molecule has 0 bridgehead atoms. The van der Waals surface area contributed by atoms with E-state index >= 15 is 0 Å². The van der Waals surface area contributed by atoms with E-state index in [1.54, 1.807) is 0 Å². The van der Waals surface area contributed by atoms with Crippen molar-refractivity contribution in [1.82, 2.24) is 14.5 Å². The van der Waals surface area contributed by atoms with Gasteiger partial charge in [-0.15, -0.1) is 0 Å². The Morgan fingerprint density at radius 1 is 0.808 bits per heavy atom. The molecule has 5 rings (SSSR count). The molecule has 0 atom stereocenters. The van der Waals surface area contributed by atoms with Crippen molar-refractivity contribution in [2.24, 2.45) is 0 Å². The lowest BCUT2D eigenvalue weighted by molar-refractivity contribution is 0.738. The van der Waals surface area contributed by atoms with E-state index in [-0.39, 0.29) is 0 Å². The van der Waals surface area contributed by atoms with Gasteiger partial charge in [-0.25, -0.2) is 9.97 Å². The van der Waals surface area contributed by atoms with Gasteiger partial charge in [0.25, 0.3) is 0 Å². The van der Waals surface area contributed by atoms with Crippen LogP contribution in [-0.4, -0.2) is 14.5 Å². The van der Waals surface area contributed by atoms with Gasteiger partial charge >= 0.3 is 0 Å². The topological polar surface area (TPSA) is 30.7 Å². The van der Waals surface area contributed by atoms with Crippen molar-refractivity contribution in [3.8, 4) is 0 Å². The maximum absolute atomic E-state index is 6.26. The highest BCUT2D eigenvalue weighted by Crippen LogP contribution is 2.30. The van der Waals surface area contributed by atoms with Crippen molar-refractivity contribution < 1.29 is 0 Å². The average molecular weight is 358 g/mol. The number of para-hydroxylation sites is 2. The molecular formula is C22H16ClN3. The number of aromatic nitrogens is 3. The fourth-order valence-corrected chi connectivity index (χ4v) is 3.69. The van der Waals surface area contributed by atoms with E-state index in [4.69, 9.17) is 21.6 Å². The molecule has 2 heterocycles. The van der Waals surface area contributed by atoms with Crippen LogP contribution in [0, 0.1) is 0 Å². The van der Waals surface area contributed by atoms with Crippen LogP contribution in [0.5, 0.6) is 0 Å². The summed E-state index contributed by atoms with van der Waals surface area (Å²) in [7, 11) is 0. The van der Waals surface area contributed by atoms with Crippen LogP contribution < -0.4 is 0 Å². The molecule has 0 fully saturated rings. The van der Waals surface area contributed by atoms with Gasteiger partial charge in [-0.3, -0.25) is 0 Å². The van der Waals surface area contributed by atoms with Crippen LogP contribution >= 0.6 is 11.6 Å². The molecule has 0 spiro atoms. The molecule has 0 aliphatic heterocycles. The van der Waals surface area contributed by atoms with Crippen molar-refractivity contribution >= 4 is 44.7 Å². The predicted octanol–water partition coefficient (Wildman–Crippen LogP) is 5.63. The molecular weight excluding hydrogens is 342 g/mol. The molecule has 126 valence electrons. The van der Waals surface area contributed by atoms with Gasteiger partial charge < -0.3 is 4.57 Å². The Balaban J connectivity index is 1.74. The summed E-state index contributed by atoms with van der Waals surface area (Å²) in [6.45, 7) is 0.846. The minimum atomic E-state index is 0.717. The summed E-state index contributed by atoms with van der Waals surface area (Å²) in [4.78, 5) is 9.79. The van der Waals surface area contributed by atoms with Gasteiger partial charge in [-0.2, -0.15) is 0 Å². The van der Waals surface area contributed by atoms with Gasteiger partial charge in [0.1, 0.15) is 5.52 Å². The fraction of sp³-hybridized carbons (Fsp3) is 0.0909. The predicted molar refractivity (Wildman–Crippen MR) is 108 cm³/mol. The highest BCUT2D eigenvalue weighted by molar-refractivity contribution is 6.31. The van der Waals surface area contributed by atoms with Crippen LogP contribution in [0.2, 0.25) is 5.02 Å². The molecule has 0 aliphatic carbocycles. The Hall–Kier alpha value is -2.91. The zero-order chi connectivity index (χ0) is 17.5. The fourth-order valence-electron chi connectivity index (χ4n) is 3.52. The van der Waals surface area contributed by atoms with Crippen LogP contribution in [0.15, 0.2) is 72.8 Å². The Morgan fingerprint density at radius 2 is 1.54 bits per heavy atom. The molecule has 2 aromatic heterocycles. The number of aryl methyl sites for hydroxylation is 2. The molecule has 0 aliphatic rings. The number of hydrogen-bond acceptors (Lipinski definition) is 2. The first-order valence-electron chi connectivity index (χ1n) is 8.68. The van der Waals surface area contributed by atoms with Crippen LogP contribution in [0.3, 0.4) is 0 Å². The van der Waals surface area contributed by atoms with Gasteiger partial charge in [-0.05, 0) is 42.3 Å². The van der Waals surface area contributed by atoms with Gasteiger partial charge in [0.2, 0.25) is 0 Å².